The minimum absolute atomic E-state index is 0.261. The molecule has 0 bridgehead atoms. The van der Waals surface area contributed by atoms with E-state index >= 15 is 0 Å². The van der Waals surface area contributed by atoms with Crippen molar-refractivity contribution in [2.24, 2.45) is 0 Å². The fourth-order valence-corrected chi connectivity index (χ4v) is 3.17. The minimum Gasteiger partial charge on any atom is -0.465 e. The SMILES string of the molecule is COC(=O)c1c(N)nsc1N1CCN(CCN(C)C)CC1. The molecule has 1 aliphatic heterocycles. The van der Waals surface area contributed by atoms with Gasteiger partial charge in [-0.1, -0.05) is 0 Å². The Morgan fingerprint density at radius 3 is 2.62 bits per heavy atom. The zero-order valence-electron chi connectivity index (χ0n) is 12.8. The van der Waals surface area contributed by atoms with E-state index in [4.69, 9.17) is 10.5 Å². The maximum Gasteiger partial charge on any atom is 0.344 e. The number of carbonyl (C=O) groups is 1. The van der Waals surface area contributed by atoms with E-state index < -0.39 is 5.97 Å². The van der Waals surface area contributed by atoms with Gasteiger partial charge in [0.15, 0.2) is 5.82 Å². The highest BCUT2D eigenvalue weighted by Gasteiger charge is 2.26. The van der Waals surface area contributed by atoms with Gasteiger partial charge in [0.25, 0.3) is 0 Å². The first-order valence-electron chi connectivity index (χ1n) is 6.98. The fraction of sp³-hybridized carbons (Fsp3) is 0.692. The lowest BCUT2D eigenvalue weighted by molar-refractivity contribution is 0.0603. The highest BCUT2D eigenvalue weighted by Crippen LogP contribution is 2.31. The topological polar surface area (TPSA) is 74.9 Å². The third kappa shape index (κ3) is 3.84. The molecule has 8 heteroatoms. The van der Waals surface area contributed by atoms with Crippen LogP contribution in [0.15, 0.2) is 0 Å². The summed E-state index contributed by atoms with van der Waals surface area (Å²) in [5, 5.41) is 0.826. The number of methoxy groups -OCH3 is 1. The number of carbonyl (C=O) groups excluding carboxylic acids is 1. The lowest BCUT2D eigenvalue weighted by Crippen LogP contribution is -2.48. The molecule has 2 N–H and O–H groups in total. The van der Waals surface area contributed by atoms with Gasteiger partial charge in [0, 0.05) is 39.3 Å². The fourth-order valence-electron chi connectivity index (χ4n) is 2.32. The number of piperazine rings is 1. The van der Waals surface area contributed by atoms with Crippen LogP contribution < -0.4 is 10.6 Å². The predicted octanol–water partition coefficient (Wildman–Crippen LogP) is 0.196. The largest absolute Gasteiger partial charge is 0.465 e. The van der Waals surface area contributed by atoms with E-state index in [-0.39, 0.29) is 5.82 Å². The van der Waals surface area contributed by atoms with E-state index in [1.54, 1.807) is 0 Å². The minimum atomic E-state index is -0.411. The summed E-state index contributed by atoms with van der Waals surface area (Å²) < 4.78 is 8.89. The Morgan fingerprint density at radius 2 is 2.05 bits per heavy atom. The van der Waals surface area contributed by atoms with Crippen LogP contribution in [0.3, 0.4) is 0 Å². The highest BCUT2D eigenvalue weighted by molar-refractivity contribution is 7.11. The lowest BCUT2D eigenvalue weighted by atomic mass is 10.2. The molecule has 2 heterocycles. The normalized spacial score (nSPS) is 16.5. The standard InChI is InChI=1S/C13H23N5O2S/c1-16(2)4-5-17-6-8-18(9-7-17)12-10(13(19)20-3)11(14)15-21-12/h4-9H2,1-3H3,(H2,14,15). The number of hydrogen-bond donors (Lipinski definition) is 1. The molecule has 2 rings (SSSR count). The van der Waals surface area contributed by atoms with Crippen LogP contribution in [0.25, 0.3) is 0 Å². The number of ether oxygens (including phenoxy) is 1. The van der Waals surface area contributed by atoms with Crippen LogP contribution in [0.1, 0.15) is 10.4 Å². The molecule has 1 fully saturated rings. The van der Waals surface area contributed by atoms with Crippen molar-refractivity contribution in [1.82, 2.24) is 14.2 Å². The van der Waals surface area contributed by atoms with Crippen molar-refractivity contribution in [2.75, 3.05) is 71.1 Å². The number of rotatable bonds is 5. The van der Waals surface area contributed by atoms with Crippen molar-refractivity contribution in [3.05, 3.63) is 5.56 Å². The third-order valence-electron chi connectivity index (χ3n) is 3.61. The maximum absolute atomic E-state index is 11.8. The molecule has 118 valence electrons. The predicted molar refractivity (Wildman–Crippen MR) is 85.1 cm³/mol. The van der Waals surface area contributed by atoms with Crippen LogP contribution >= 0.6 is 11.5 Å². The van der Waals surface area contributed by atoms with Crippen LogP contribution in [-0.2, 0) is 4.74 Å². The van der Waals surface area contributed by atoms with Gasteiger partial charge in [-0.15, -0.1) is 0 Å². The third-order valence-corrected chi connectivity index (χ3v) is 4.54. The van der Waals surface area contributed by atoms with Gasteiger partial charge in [-0.3, -0.25) is 4.90 Å². The molecular formula is C13H23N5O2S. The first-order valence-corrected chi connectivity index (χ1v) is 7.75. The molecule has 0 atom stereocenters. The van der Waals surface area contributed by atoms with E-state index in [0.717, 1.165) is 44.3 Å². The van der Waals surface area contributed by atoms with Crippen LogP contribution in [0.5, 0.6) is 0 Å². The number of nitrogens with two attached hydrogens (primary N) is 1. The second kappa shape index (κ2) is 7.06. The molecular weight excluding hydrogens is 290 g/mol. The lowest BCUT2D eigenvalue weighted by Gasteiger charge is -2.35. The van der Waals surface area contributed by atoms with Gasteiger partial charge in [0.05, 0.1) is 7.11 Å². The summed E-state index contributed by atoms with van der Waals surface area (Å²) >= 11 is 1.27. The van der Waals surface area contributed by atoms with Crippen LogP contribution in [0, 0.1) is 0 Å². The van der Waals surface area contributed by atoms with Gasteiger partial charge in [-0.2, -0.15) is 4.37 Å². The van der Waals surface area contributed by atoms with Crippen LogP contribution in [0.2, 0.25) is 0 Å². The van der Waals surface area contributed by atoms with Crippen molar-refractivity contribution >= 4 is 28.3 Å². The number of aromatic nitrogens is 1. The van der Waals surface area contributed by atoms with Gasteiger partial charge in [-0.05, 0) is 25.6 Å². The molecule has 1 saturated heterocycles. The van der Waals surface area contributed by atoms with Gasteiger partial charge in [0.1, 0.15) is 10.6 Å². The first kappa shape index (κ1) is 16.0. The average Bonchev–Trinajstić information content (AvgIpc) is 2.86. The summed E-state index contributed by atoms with van der Waals surface area (Å²) in [7, 11) is 5.53. The Kier molecular flexibility index (Phi) is 5.38. The average molecular weight is 313 g/mol. The second-order valence-electron chi connectivity index (χ2n) is 5.37. The Balaban J connectivity index is 1.98. The molecule has 0 amide bonds. The number of hydrogen-bond acceptors (Lipinski definition) is 8. The molecule has 1 aliphatic rings. The Morgan fingerprint density at radius 1 is 1.38 bits per heavy atom. The molecule has 0 saturated carbocycles. The number of nitrogens with zero attached hydrogens (tertiary/aromatic N) is 4. The Bertz CT molecular complexity index is 483. The maximum atomic E-state index is 11.8. The van der Waals surface area contributed by atoms with Crippen molar-refractivity contribution < 1.29 is 9.53 Å². The Labute approximate surface area is 129 Å². The summed E-state index contributed by atoms with van der Waals surface area (Å²) in [5.41, 5.74) is 6.20. The summed E-state index contributed by atoms with van der Waals surface area (Å²) in [4.78, 5) is 18.6. The molecule has 1 aromatic rings. The van der Waals surface area contributed by atoms with Crippen LogP contribution in [-0.4, -0.2) is 80.6 Å². The molecule has 21 heavy (non-hydrogen) atoms. The van der Waals surface area contributed by atoms with E-state index in [1.807, 2.05) is 0 Å². The first-order chi connectivity index (χ1) is 10.0. The molecule has 7 nitrogen and oxygen atoms in total. The molecule has 0 aromatic carbocycles. The molecule has 0 unspecified atom stereocenters. The van der Waals surface area contributed by atoms with E-state index in [0.29, 0.717) is 5.56 Å². The summed E-state index contributed by atoms with van der Waals surface area (Å²) in [6.45, 7) is 5.83. The van der Waals surface area contributed by atoms with E-state index in [1.165, 1.54) is 18.6 Å². The molecule has 0 spiro atoms. The van der Waals surface area contributed by atoms with Crippen molar-refractivity contribution in [2.45, 2.75) is 0 Å². The molecule has 1 aromatic heterocycles. The zero-order valence-corrected chi connectivity index (χ0v) is 13.7. The number of nitrogen functional groups attached to an aromatic ring is 1. The smallest absolute Gasteiger partial charge is 0.344 e. The van der Waals surface area contributed by atoms with Crippen molar-refractivity contribution in [3.63, 3.8) is 0 Å². The molecule has 0 radical (unpaired) electrons. The number of likely N-dealkylation sites (N-methyl/N-ethyl adjacent to an activating group) is 1. The summed E-state index contributed by atoms with van der Waals surface area (Å²) in [5.74, 6) is -0.150. The number of anilines is 2. The van der Waals surface area contributed by atoms with Crippen molar-refractivity contribution in [1.29, 1.82) is 0 Å². The zero-order chi connectivity index (χ0) is 15.4. The van der Waals surface area contributed by atoms with E-state index in [9.17, 15) is 4.79 Å². The Hall–Kier alpha value is -1.38. The van der Waals surface area contributed by atoms with Crippen LogP contribution in [0.4, 0.5) is 10.8 Å². The van der Waals surface area contributed by atoms with Gasteiger partial charge in [0.2, 0.25) is 0 Å². The van der Waals surface area contributed by atoms with Gasteiger partial charge in [-0.25, -0.2) is 4.79 Å². The summed E-state index contributed by atoms with van der Waals surface area (Å²) in [6.07, 6.45) is 0. The monoisotopic (exact) mass is 313 g/mol. The van der Waals surface area contributed by atoms with Crippen molar-refractivity contribution in [3.8, 4) is 0 Å². The molecule has 0 aliphatic carbocycles. The van der Waals surface area contributed by atoms with Gasteiger partial charge >= 0.3 is 5.97 Å². The van der Waals surface area contributed by atoms with Gasteiger partial charge < -0.3 is 20.3 Å². The quantitative estimate of drug-likeness (QED) is 0.778. The highest BCUT2D eigenvalue weighted by atomic mass is 32.1. The van der Waals surface area contributed by atoms with E-state index in [2.05, 4.69) is 33.2 Å². The number of esters is 1. The second-order valence-corrected chi connectivity index (χ2v) is 6.12. The summed E-state index contributed by atoms with van der Waals surface area (Å²) in [6, 6.07) is 0.